The largest absolute Gasteiger partial charge is 0.421 e. The lowest BCUT2D eigenvalue weighted by molar-refractivity contribution is -0.140. The highest BCUT2D eigenvalue weighted by atomic mass is 79.9. The van der Waals surface area contributed by atoms with Crippen molar-refractivity contribution in [3.05, 3.63) is 27.3 Å². The molecule has 0 bridgehead atoms. The summed E-state index contributed by atoms with van der Waals surface area (Å²) in [6.07, 6.45) is -3.15. The fourth-order valence-electron chi connectivity index (χ4n) is 1.25. The Balaban J connectivity index is 2.63. The Morgan fingerprint density at radius 1 is 1.50 bits per heavy atom. The van der Waals surface area contributed by atoms with Gasteiger partial charge in [0.15, 0.2) is 0 Å². The lowest BCUT2D eigenvalue weighted by atomic mass is 10.4. The van der Waals surface area contributed by atoms with E-state index < -0.39 is 18.5 Å². The van der Waals surface area contributed by atoms with Crippen LogP contribution < -0.4 is 5.76 Å². The van der Waals surface area contributed by atoms with Gasteiger partial charge in [0.05, 0.1) is 0 Å². The van der Waals surface area contributed by atoms with Crippen molar-refractivity contribution in [1.82, 2.24) is 9.55 Å². The molecule has 86 valence electrons. The summed E-state index contributed by atoms with van der Waals surface area (Å²) in [5.41, 5.74) is -0.103. The van der Waals surface area contributed by atoms with Crippen LogP contribution in [0.3, 0.4) is 0 Å². The van der Waals surface area contributed by atoms with Gasteiger partial charge in [-0.3, -0.25) is 4.57 Å². The summed E-state index contributed by atoms with van der Waals surface area (Å²) in [4.78, 5) is 14.9. The molecule has 0 amide bonds. The maximum atomic E-state index is 12.2. The van der Waals surface area contributed by atoms with Crippen molar-refractivity contribution in [3.8, 4) is 0 Å². The van der Waals surface area contributed by atoms with Crippen LogP contribution in [0.1, 0.15) is 0 Å². The Morgan fingerprint density at radius 3 is 2.81 bits per heavy atom. The van der Waals surface area contributed by atoms with Crippen LogP contribution in [0.15, 0.2) is 25.9 Å². The molecule has 2 rings (SSSR count). The standard InChI is InChI=1S/C8H4BrF3N2O2/c9-4-1-5-6(13-2-4)16-7(15)14(5)3-8(10,11)12/h1-2H,3H2. The monoisotopic (exact) mass is 296 g/mol. The van der Waals surface area contributed by atoms with E-state index in [2.05, 4.69) is 25.3 Å². The topological polar surface area (TPSA) is 48.0 Å². The van der Waals surface area contributed by atoms with Crippen LogP contribution in [0.5, 0.6) is 0 Å². The Morgan fingerprint density at radius 2 is 2.19 bits per heavy atom. The molecule has 0 spiro atoms. The molecule has 0 N–H and O–H groups in total. The van der Waals surface area contributed by atoms with E-state index in [9.17, 15) is 18.0 Å². The number of hydrogen-bond donors (Lipinski definition) is 0. The van der Waals surface area contributed by atoms with Crippen LogP contribution in [-0.4, -0.2) is 15.7 Å². The number of alkyl halides is 3. The summed E-state index contributed by atoms with van der Waals surface area (Å²) in [6.45, 7) is -1.39. The molecule has 0 aromatic carbocycles. The highest BCUT2D eigenvalue weighted by molar-refractivity contribution is 9.10. The van der Waals surface area contributed by atoms with Crippen molar-refractivity contribution in [2.24, 2.45) is 0 Å². The van der Waals surface area contributed by atoms with Gasteiger partial charge in [0.1, 0.15) is 12.1 Å². The molecule has 0 unspecified atom stereocenters. The molecule has 16 heavy (non-hydrogen) atoms. The average Bonchev–Trinajstić information content (AvgIpc) is 2.42. The second-order valence-electron chi connectivity index (χ2n) is 3.05. The molecular formula is C8H4BrF3N2O2. The third kappa shape index (κ3) is 2.11. The number of pyridine rings is 1. The molecule has 0 aliphatic heterocycles. The molecule has 0 aliphatic carbocycles. The predicted octanol–water partition coefficient (Wildman–Crippen LogP) is 2.31. The molecule has 0 saturated heterocycles. The van der Waals surface area contributed by atoms with Crippen LogP contribution in [-0.2, 0) is 6.54 Å². The lowest BCUT2D eigenvalue weighted by Gasteiger charge is -2.05. The molecule has 4 nitrogen and oxygen atoms in total. The number of aromatic nitrogens is 2. The Bertz CT molecular complexity index is 587. The molecule has 2 aromatic rings. The first-order valence-electron chi connectivity index (χ1n) is 4.08. The average molecular weight is 297 g/mol. The van der Waals surface area contributed by atoms with E-state index in [-0.39, 0.29) is 11.2 Å². The van der Waals surface area contributed by atoms with Gasteiger partial charge in [-0.1, -0.05) is 0 Å². The summed E-state index contributed by atoms with van der Waals surface area (Å²) in [5, 5.41) is 0. The fourth-order valence-corrected chi connectivity index (χ4v) is 1.57. The molecule has 0 aliphatic rings. The van der Waals surface area contributed by atoms with Crippen molar-refractivity contribution >= 4 is 27.2 Å². The van der Waals surface area contributed by atoms with E-state index in [1.54, 1.807) is 0 Å². The third-order valence-electron chi connectivity index (χ3n) is 1.83. The van der Waals surface area contributed by atoms with Crippen molar-refractivity contribution in [2.75, 3.05) is 0 Å². The van der Waals surface area contributed by atoms with Crippen LogP contribution in [0.4, 0.5) is 13.2 Å². The summed E-state index contributed by atoms with van der Waals surface area (Å²) in [7, 11) is 0. The first-order chi connectivity index (χ1) is 7.37. The van der Waals surface area contributed by atoms with E-state index in [1.165, 1.54) is 12.3 Å². The summed E-state index contributed by atoms with van der Waals surface area (Å²) >= 11 is 3.05. The maximum absolute atomic E-state index is 12.2. The minimum atomic E-state index is -4.48. The van der Waals surface area contributed by atoms with Crippen LogP contribution in [0.25, 0.3) is 11.2 Å². The lowest BCUT2D eigenvalue weighted by Crippen LogP contribution is -2.24. The Hall–Kier alpha value is -1.31. The summed E-state index contributed by atoms with van der Waals surface area (Å²) < 4.78 is 42.1. The Kier molecular flexibility index (Phi) is 2.53. The zero-order chi connectivity index (χ0) is 11.9. The normalized spacial score (nSPS) is 12.2. The minimum Gasteiger partial charge on any atom is -0.389 e. The van der Waals surface area contributed by atoms with Gasteiger partial charge in [-0.2, -0.15) is 13.2 Å². The molecule has 0 atom stereocenters. The van der Waals surface area contributed by atoms with Crippen LogP contribution in [0, 0.1) is 0 Å². The second kappa shape index (κ2) is 3.62. The van der Waals surface area contributed by atoms with E-state index in [0.29, 0.717) is 9.04 Å². The maximum Gasteiger partial charge on any atom is 0.421 e. The number of hydrogen-bond acceptors (Lipinski definition) is 3. The second-order valence-corrected chi connectivity index (χ2v) is 3.96. The zero-order valence-electron chi connectivity index (χ0n) is 7.58. The van der Waals surface area contributed by atoms with E-state index in [1.807, 2.05) is 0 Å². The third-order valence-corrected chi connectivity index (χ3v) is 2.27. The molecule has 0 saturated carbocycles. The number of nitrogens with zero attached hydrogens (tertiary/aromatic N) is 2. The fraction of sp³-hybridized carbons (Fsp3) is 0.250. The molecule has 2 aromatic heterocycles. The van der Waals surface area contributed by atoms with E-state index >= 15 is 0 Å². The summed E-state index contributed by atoms with van der Waals surface area (Å²) in [6, 6.07) is 1.35. The van der Waals surface area contributed by atoms with Crippen LogP contribution >= 0.6 is 15.9 Å². The molecule has 2 heterocycles. The number of fused-ring (bicyclic) bond motifs is 1. The van der Waals surface area contributed by atoms with Gasteiger partial charge in [0.25, 0.3) is 0 Å². The van der Waals surface area contributed by atoms with Gasteiger partial charge >= 0.3 is 11.9 Å². The quantitative estimate of drug-likeness (QED) is 0.811. The highest BCUT2D eigenvalue weighted by Crippen LogP contribution is 2.21. The molecule has 0 fully saturated rings. The zero-order valence-corrected chi connectivity index (χ0v) is 9.17. The predicted molar refractivity (Wildman–Crippen MR) is 52.0 cm³/mol. The smallest absolute Gasteiger partial charge is 0.389 e. The van der Waals surface area contributed by atoms with Gasteiger partial charge in [-0.15, -0.1) is 0 Å². The SMILES string of the molecule is O=c1oc2ncc(Br)cc2n1CC(F)(F)F. The highest BCUT2D eigenvalue weighted by Gasteiger charge is 2.30. The first kappa shape index (κ1) is 11.2. The van der Waals surface area contributed by atoms with E-state index in [0.717, 1.165) is 0 Å². The molecule has 8 heteroatoms. The van der Waals surface area contributed by atoms with Gasteiger partial charge in [0.2, 0.25) is 5.71 Å². The van der Waals surface area contributed by atoms with Gasteiger partial charge in [-0.05, 0) is 22.0 Å². The number of rotatable bonds is 1. The van der Waals surface area contributed by atoms with Crippen LogP contribution in [0.2, 0.25) is 0 Å². The molecular weight excluding hydrogens is 293 g/mol. The van der Waals surface area contributed by atoms with Gasteiger partial charge in [0, 0.05) is 10.7 Å². The number of oxazole rings is 1. The van der Waals surface area contributed by atoms with Crippen molar-refractivity contribution in [2.45, 2.75) is 12.7 Å². The Labute approximate surface area is 94.8 Å². The number of halogens is 4. The van der Waals surface area contributed by atoms with E-state index in [4.69, 9.17) is 0 Å². The molecule has 0 radical (unpaired) electrons. The first-order valence-corrected chi connectivity index (χ1v) is 4.88. The van der Waals surface area contributed by atoms with Gasteiger partial charge in [-0.25, -0.2) is 9.78 Å². The van der Waals surface area contributed by atoms with Crippen molar-refractivity contribution in [1.29, 1.82) is 0 Å². The minimum absolute atomic E-state index is 0.0108. The van der Waals surface area contributed by atoms with Gasteiger partial charge < -0.3 is 4.42 Å². The van der Waals surface area contributed by atoms with Crippen molar-refractivity contribution < 1.29 is 17.6 Å². The summed E-state index contributed by atoms with van der Waals surface area (Å²) in [5.74, 6) is -1.07. The van der Waals surface area contributed by atoms with Crippen molar-refractivity contribution in [3.63, 3.8) is 0 Å².